The monoisotopic (exact) mass is 352 g/mol. The van der Waals surface area contributed by atoms with Gasteiger partial charge >= 0.3 is 0 Å². The Kier molecular flexibility index (Phi) is 4.71. The lowest BCUT2D eigenvalue weighted by Crippen LogP contribution is -2.40. The predicted molar refractivity (Wildman–Crippen MR) is 87.2 cm³/mol. The molecule has 2 rings (SSSR count). The molecule has 2 unspecified atom stereocenters. The van der Waals surface area contributed by atoms with E-state index in [1.807, 2.05) is 39.8 Å². The molecule has 0 bridgehead atoms. The van der Waals surface area contributed by atoms with Gasteiger partial charge in [-0.05, 0) is 50.5 Å². The first-order chi connectivity index (χ1) is 9.85. The van der Waals surface area contributed by atoms with Gasteiger partial charge in [-0.15, -0.1) is 0 Å². The second-order valence-corrected chi connectivity index (χ2v) is 6.59. The summed E-state index contributed by atoms with van der Waals surface area (Å²) >= 11 is 3.46. The zero-order chi connectivity index (χ0) is 15.7. The summed E-state index contributed by atoms with van der Waals surface area (Å²) in [5.74, 6) is -0.199. The number of anilines is 1. The molecular weight excluding hydrogens is 332 g/mol. The lowest BCUT2D eigenvalue weighted by molar-refractivity contribution is -0.140. The van der Waals surface area contributed by atoms with E-state index in [2.05, 4.69) is 21.2 Å². The molecule has 1 aromatic rings. The maximum Gasteiger partial charge on any atom is 0.252 e. The Morgan fingerprint density at radius 3 is 2.43 bits per heavy atom. The fourth-order valence-electron chi connectivity index (χ4n) is 2.72. The number of rotatable bonds is 4. The molecule has 1 aliphatic heterocycles. The van der Waals surface area contributed by atoms with Crippen molar-refractivity contribution in [2.45, 2.75) is 52.6 Å². The summed E-state index contributed by atoms with van der Waals surface area (Å²) in [6.07, 6.45) is 1.01. The van der Waals surface area contributed by atoms with E-state index in [-0.39, 0.29) is 24.3 Å². The summed E-state index contributed by atoms with van der Waals surface area (Å²) < 4.78 is 1.01. The molecule has 1 aromatic carbocycles. The van der Waals surface area contributed by atoms with Crippen LogP contribution in [0.4, 0.5) is 5.69 Å². The molecule has 1 heterocycles. The first-order valence-corrected chi connectivity index (χ1v) is 8.03. The molecule has 4 nitrogen and oxygen atoms in total. The number of hydrogen-bond acceptors (Lipinski definition) is 3. The molecular formula is C16H21BrN2O2. The van der Waals surface area contributed by atoms with Crippen LogP contribution in [-0.2, 0) is 9.59 Å². The molecule has 0 aliphatic carbocycles. The molecule has 5 heteroatoms. The number of nitrogens with one attached hydrogen (secondary N) is 1. The van der Waals surface area contributed by atoms with Crippen LogP contribution in [0.2, 0.25) is 0 Å². The van der Waals surface area contributed by atoms with Gasteiger partial charge in [0.25, 0.3) is 5.91 Å². The van der Waals surface area contributed by atoms with Crippen molar-refractivity contribution in [3.8, 4) is 0 Å². The zero-order valence-electron chi connectivity index (χ0n) is 12.9. The number of halogens is 1. The molecule has 2 atom stereocenters. The highest BCUT2D eigenvalue weighted by Gasteiger charge is 2.40. The fourth-order valence-corrected chi connectivity index (χ4v) is 3.41. The summed E-state index contributed by atoms with van der Waals surface area (Å²) in [6, 6.07) is 3.51. The Labute approximate surface area is 134 Å². The predicted octanol–water partition coefficient (Wildman–Crippen LogP) is 3.40. The molecule has 1 fully saturated rings. The number of carbonyl (C=O) groups is 2. The lowest BCUT2D eigenvalue weighted by Gasteiger charge is -2.22. The van der Waals surface area contributed by atoms with E-state index < -0.39 is 6.04 Å². The van der Waals surface area contributed by atoms with Crippen LogP contribution in [0.25, 0.3) is 0 Å². The Morgan fingerprint density at radius 1 is 1.33 bits per heavy atom. The SMILES string of the molecule is CCC(C)N1C(=O)CC(Nc2c(C)cc(Br)cc2C)C1=O. The molecule has 1 saturated heterocycles. The number of imide groups is 1. The Balaban J connectivity index is 2.22. The average molecular weight is 353 g/mol. The highest BCUT2D eigenvalue weighted by Crippen LogP contribution is 2.28. The van der Waals surface area contributed by atoms with Gasteiger partial charge in [0.05, 0.1) is 6.42 Å². The minimum atomic E-state index is -0.454. The van der Waals surface area contributed by atoms with Crippen molar-refractivity contribution >= 4 is 33.4 Å². The second kappa shape index (κ2) is 6.18. The quantitative estimate of drug-likeness (QED) is 0.844. The number of nitrogens with zero attached hydrogens (tertiary/aromatic N) is 1. The molecule has 1 N–H and O–H groups in total. The van der Waals surface area contributed by atoms with Crippen LogP contribution in [-0.4, -0.2) is 28.8 Å². The van der Waals surface area contributed by atoms with E-state index >= 15 is 0 Å². The largest absolute Gasteiger partial charge is 0.373 e. The van der Waals surface area contributed by atoms with Crippen LogP contribution in [0.15, 0.2) is 16.6 Å². The van der Waals surface area contributed by atoms with Crippen molar-refractivity contribution in [3.63, 3.8) is 0 Å². The van der Waals surface area contributed by atoms with E-state index in [0.29, 0.717) is 0 Å². The normalized spacial score (nSPS) is 20.0. The van der Waals surface area contributed by atoms with E-state index in [1.54, 1.807) is 0 Å². The molecule has 114 valence electrons. The average Bonchev–Trinajstić information content (AvgIpc) is 2.68. The smallest absolute Gasteiger partial charge is 0.252 e. The van der Waals surface area contributed by atoms with E-state index in [9.17, 15) is 9.59 Å². The Hall–Kier alpha value is -1.36. The Morgan fingerprint density at radius 2 is 1.90 bits per heavy atom. The molecule has 2 amide bonds. The van der Waals surface area contributed by atoms with Crippen LogP contribution in [0.1, 0.15) is 37.8 Å². The van der Waals surface area contributed by atoms with Gasteiger partial charge in [-0.1, -0.05) is 22.9 Å². The van der Waals surface area contributed by atoms with Crippen LogP contribution in [0.5, 0.6) is 0 Å². The number of hydrogen-bond donors (Lipinski definition) is 1. The summed E-state index contributed by atoms with van der Waals surface area (Å²) in [6.45, 7) is 7.88. The molecule has 0 spiro atoms. The van der Waals surface area contributed by atoms with Crippen molar-refractivity contribution < 1.29 is 9.59 Å². The summed E-state index contributed by atoms with van der Waals surface area (Å²) in [5, 5.41) is 3.26. The second-order valence-electron chi connectivity index (χ2n) is 5.67. The maximum absolute atomic E-state index is 12.4. The van der Waals surface area contributed by atoms with Crippen LogP contribution < -0.4 is 5.32 Å². The summed E-state index contributed by atoms with van der Waals surface area (Å²) in [5.41, 5.74) is 3.06. The summed E-state index contributed by atoms with van der Waals surface area (Å²) in [7, 11) is 0. The van der Waals surface area contributed by atoms with Crippen molar-refractivity contribution in [1.82, 2.24) is 4.90 Å². The van der Waals surface area contributed by atoms with Crippen molar-refractivity contribution in [2.24, 2.45) is 0 Å². The van der Waals surface area contributed by atoms with Crippen LogP contribution in [0, 0.1) is 13.8 Å². The zero-order valence-corrected chi connectivity index (χ0v) is 14.5. The standard InChI is InChI=1S/C16H21BrN2O2/c1-5-11(4)19-14(20)8-13(16(19)21)18-15-9(2)6-12(17)7-10(15)3/h6-7,11,13,18H,5,8H2,1-4H3. The van der Waals surface area contributed by atoms with Gasteiger partial charge in [0.1, 0.15) is 6.04 Å². The van der Waals surface area contributed by atoms with E-state index in [0.717, 1.165) is 27.7 Å². The van der Waals surface area contributed by atoms with Crippen molar-refractivity contribution in [2.75, 3.05) is 5.32 Å². The third-order valence-electron chi connectivity index (χ3n) is 4.03. The first-order valence-electron chi connectivity index (χ1n) is 7.24. The van der Waals surface area contributed by atoms with Crippen molar-refractivity contribution in [3.05, 3.63) is 27.7 Å². The van der Waals surface area contributed by atoms with Gasteiger partial charge in [-0.2, -0.15) is 0 Å². The fraction of sp³-hybridized carbons (Fsp3) is 0.500. The topological polar surface area (TPSA) is 49.4 Å². The number of likely N-dealkylation sites (tertiary alicyclic amines) is 1. The van der Waals surface area contributed by atoms with Gasteiger partial charge in [-0.3, -0.25) is 14.5 Å². The van der Waals surface area contributed by atoms with Gasteiger partial charge in [-0.25, -0.2) is 0 Å². The minimum Gasteiger partial charge on any atom is -0.373 e. The number of aryl methyl sites for hydroxylation is 2. The highest BCUT2D eigenvalue weighted by molar-refractivity contribution is 9.10. The first kappa shape index (κ1) is 16.0. The van der Waals surface area contributed by atoms with Crippen LogP contribution in [0.3, 0.4) is 0 Å². The lowest BCUT2D eigenvalue weighted by atomic mass is 10.1. The molecule has 0 aromatic heterocycles. The maximum atomic E-state index is 12.4. The van der Waals surface area contributed by atoms with Crippen molar-refractivity contribution in [1.29, 1.82) is 0 Å². The number of amides is 2. The minimum absolute atomic E-state index is 0.0380. The molecule has 21 heavy (non-hydrogen) atoms. The number of benzene rings is 1. The van der Waals surface area contributed by atoms with Gasteiger partial charge < -0.3 is 5.32 Å². The van der Waals surface area contributed by atoms with Gasteiger partial charge in [0.2, 0.25) is 5.91 Å². The molecule has 1 aliphatic rings. The van der Waals surface area contributed by atoms with Gasteiger partial charge in [0.15, 0.2) is 0 Å². The van der Waals surface area contributed by atoms with E-state index in [1.165, 1.54) is 4.90 Å². The van der Waals surface area contributed by atoms with Crippen LogP contribution >= 0.6 is 15.9 Å². The van der Waals surface area contributed by atoms with Gasteiger partial charge in [0, 0.05) is 16.2 Å². The molecule has 0 radical (unpaired) electrons. The number of carbonyl (C=O) groups excluding carboxylic acids is 2. The summed E-state index contributed by atoms with van der Waals surface area (Å²) in [4.78, 5) is 25.9. The third-order valence-corrected chi connectivity index (χ3v) is 4.49. The molecule has 0 saturated carbocycles. The Bertz CT molecular complexity index is 563. The highest BCUT2D eigenvalue weighted by atomic mass is 79.9. The van der Waals surface area contributed by atoms with E-state index in [4.69, 9.17) is 0 Å². The third kappa shape index (κ3) is 3.12.